The van der Waals surface area contributed by atoms with E-state index in [0.717, 1.165) is 6.07 Å². The van der Waals surface area contributed by atoms with Crippen LogP contribution < -0.4 is 10.6 Å². The molecule has 0 bridgehead atoms. The van der Waals surface area contributed by atoms with Gasteiger partial charge in [0.05, 0.1) is 5.02 Å². The fourth-order valence-electron chi connectivity index (χ4n) is 3.08. The van der Waals surface area contributed by atoms with E-state index in [1.165, 1.54) is 34.9 Å². The lowest BCUT2D eigenvalue weighted by Gasteiger charge is -2.31. The highest BCUT2D eigenvalue weighted by Crippen LogP contribution is 2.23. The first-order valence-corrected chi connectivity index (χ1v) is 11.0. The van der Waals surface area contributed by atoms with E-state index < -0.39 is 27.7 Å². The van der Waals surface area contributed by atoms with Crippen molar-refractivity contribution in [1.82, 2.24) is 14.6 Å². The number of sulfonamides is 1. The SMILES string of the molecule is O=C(NCC1CCN(S(=O)(=O)c2cccnc2)CC1)C(=O)Nc1ccc(F)c(Cl)c1. The van der Waals surface area contributed by atoms with Gasteiger partial charge in [0, 0.05) is 37.7 Å². The van der Waals surface area contributed by atoms with Crippen LogP contribution in [0.3, 0.4) is 0 Å². The maximum atomic E-state index is 13.2. The largest absolute Gasteiger partial charge is 0.348 e. The number of hydrogen-bond acceptors (Lipinski definition) is 5. The standard InChI is InChI=1S/C19H20ClFN4O4S/c20-16-10-14(3-4-17(16)21)24-19(27)18(26)23-11-13-5-8-25(9-6-13)30(28,29)15-2-1-7-22-12-15/h1-4,7,10,12-13H,5-6,8-9,11H2,(H,23,26)(H,24,27). The Kier molecular flexibility index (Phi) is 7.01. The van der Waals surface area contributed by atoms with Gasteiger partial charge in [0.1, 0.15) is 10.7 Å². The smallest absolute Gasteiger partial charge is 0.313 e. The van der Waals surface area contributed by atoms with Gasteiger partial charge < -0.3 is 10.6 Å². The molecule has 160 valence electrons. The second-order valence-electron chi connectivity index (χ2n) is 6.83. The molecule has 2 N–H and O–H groups in total. The minimum Gasteiger partial charge on any atom is -0.348 e. The van der Waals surface area contributed by atoms with Crippen molar-refractivity contribution in [3.05, 3.63) is 53.6 Å². The Morgan fingerprint density at radius 2 is 1.93 bits per heavy atom. The summed E-state index contributed by atoms with van der Waals surface area (Å²) in [4.78, 5) is 28.0. The van der Waals surface area contributed by atoms with Gasteiger partial charge >= 0.3 is 11.8 Å². The van der Waals surface area contributed by atoms with Crippen LogP contribution in [0.4, 0.5) is 10.1 Å². The highest BCUT2D eigenvalue weighted by molar-refractivity contribution is 7.89. The summed E-state index contributed by atoms with van der Waals surface area (Å²) in [6.07, 6.45) is 3.92. The maximum absolute atomic E-state index is 13.2. The molecule has 1 aliphatic heterocycles. The summed E-state index contributed by atoms with van der Waals surface area (Å²) in [6, 6.07) is 6.66. The van der Waals surface area contributed by atoms with E-state index in [1.54, 1.807) is 6.07 Å². The highest BCUT2D eigenvalue weighted by atomic mass is 35.5. The average molecular weight is 455 g/mol. The Morgan fingerprint density at radius 3 is 2.57 bits per heavy atom. The van der Waals surface area contributed by atoms with Crippen LogP contribution in [0, 0.1) is 11.7 Å². The number of amides is 2. The summed E-state index contributed by atoms with van der Waals surface area (Å²) in [6.45, 7) is 0.882. The van der Waals surface area contributed by atoms with E-state index in [2.05, 4.69) is 15.6 Å². The summed E-state index contributed by atoms with van der Waals surface area (Å²) < 4.78 is 39.7. The van der Waals surface area contributed by atoms with Gasteiger partial charge in [0.2, 0.25) is 10.0 Å². The van der Waals surface area contributed by atoms with E-state index in [9.17, 15) is 22.4 Å². The first-order valence-electron chi connectivity index (χ1n) is 9.22. The van der Waals surface area contributed by atoms with Crippen molar-refractivity contribution in [1.29, 1.82) is 0 Å². The summed E-state index contributed by atoms with van der Waals surface area (Å²) in [7, 11) is -3.59. The number of nitrogens with zero attached hydrogens (tertiary/aromatic N) is 2. The van der Waals surface area contributed by atoms with Crippen LogP contribution in [0.25, 0.3) is 0 Å². The number of hydrogen-bond donors (Lipinski definition) is 2. The third kappa shape index (κ3) is 5.32. The molecular weight excluding hydrogens is 435 g/mol. The molecule has 1 aromatic carbocycles. The molecular formula is C19H20ClFN4O4S. The molecule has 0 atom stereocenters. The van der Waals surface area contributed by atoms with Crippen molar-refractivity contribution in [2.75, 3.05) is 25.0 Å². The average Bonchev–Trinajstić information content (AvgIpc) is 2.75. The van der Waals surface area contributed by atoms with Crippen molar-refractivity contribution in [3.8, 4) is 0 Å². The molecule has 0 radical (unpaired) electrons. The molecule has 3 rings (SSSR count). The molecule has 2 aromatic rings. The number of aromatic nitrogens is 1. The zero-order valence-electron chi connectivity index (χ0n) is 15.8. The summed E-state index contributed by atoms with van der Waals surface area (Å²) >= 11 is 5.65. The molecule has 0 saturated carbocycles. The van der Waals surface area contributed by atoms with Gasteiger partial charge in [0.15, 0.2) is 0 Å². The molecule has 2 heterocycles. The second kappa shape index (κ2) is 9.50. The molecule has 1 aromatic heterocycles. The van der Waals surface area contributed by atoms with Crippen LogP contribution in [0.15, 0.2) is 47.6 Å². The molecule has 0 unspecified atom stereocenters. The first-order chi connectivity index (χ1) is 14.3. The fourth-order valence-corrected chi connectivity index (χ4v) is 4.70. The molecule has 2 amide bonds. The van der Waals surface area contributed by atoms with Gasteiger partial charge in [-0.1, -0.05) is 11.6 Å². The van der Waals surface area contributed by atoms with Crippen LogP contribution >= 0.6 is 11.6 Å². The van der Waals surface area contributed by atoms with Crippen LogP contribution in [0.5, 0.6) is 0 Å². The van der Waals surface area contributed by atoms with Crippen LogP contribution in [0.2, 0.25) is 5.02 Å². The highest BCUT2D eigenvalue weighted by Gasteiger charge is 2.29. The predicted molar refractivity (Wildman–Crippen MR) is 109 cm³/mol. The normalized spacial score (nSPS) is 15.5. The molecule has 0 aliphatic carbocycles. The monoisotopic (exact) mass is 454 g/mol. The number of pyridine rings is 1. The van der Waals surface area contributed by atoms with Crippen molar-refractivity contribution in [3.63, 3.8) is 0 Å². The third-order valence-electron chi connectivity index (χ3n) is 4.78. The number of piperidine rings is 1. The number of nitrogens with one attached hydrogen (secondary N) is 2. The third-order valence-corrected chi connectivity index (χ3v) is 6.95. The van der Waals surface area contributed by atoms with Crippen molar-refractivity contribution in [2.45, 2.75) is 17.7 Å². The van der Waals surface area contributed by atoms with E-state index in [0.29, 0.717) is 25.9 Å². The van der Waals surface area contributed by atoms with Gasteiger partial charge in [-0.2, -0.15) is 4.31 Å². The van der Waals surface area contributed by atoms with E-state index in [4.69, 9.17) is 11.6 Å². The van der Waals surface area contributed by atoms with Gasteiger partial charge in [0.25, 0.3) is 0 Å². The summed E-state index contributed by atoms with van der Waals surface area (Å²) in [5.41, 5.74) is 0.204. The molecule has 1 fully saturated rings. The van der Waals surface area contributed by atoms with Crippen LogP contribution in [0.1, 0.15) is 12.8 Å². The van der Waals surface area contributed by atoms with Crippen molar-refractivity contribution >= 4 is 39.1 Å². The number of rotatable bonds is 5. The minimum atomic E-state index is -3.59. The fraction of sp³-hybridized carbons (Fsp3) is 0.316. The number of halogens is 2. The number of carbonyl (C=O) groups is 2. The minimum absolute atomic E-state index is 0.0439. The number of anilines is 1. The zero-order chi connectivity index (χ0) is 21.7. The Labute approximate surface area is 178 Å². The van der Waals surface area contributed by atoms with Crippen molar-refractivity contribution in [2.24, 2.45) is 5.92 Å². The van der Waals surface area contributed by atoms with Crippen LogP contribution in [-0.4, -0.2) is 49.2 Å². The first kappa shape index (κ1) is 22.1. The topological polar surface area (TPSA) is 108 Å². The van der Waals surface area contributed by atoms with Gasteiger partial charge in [-0.05, 0) is 49.1 Å². The number of carbonyl (C=O) groups excluding carboxylic acids is 2. The quantitative estimate of drug-likeness (QED) is 0.672. The predicted octanol–water partition coefficient (Wildman–Crippen LogP) is 2.03. The second-order valence-corrected chi connectivity index (χ2v) is 9.17. The van der Waals surface area contributed by atoms with E-state index >= 15 is 0 Å². The Morgan fingerprint density at radius 1 is 1.20 bits per heavy atom. The number of benzene rings is 1. The molecule has 0 spiro atoms. The lowest BCUT2D eigenvalue weighted by molar-refractivity contribution is -0.136. The van der Waals surface area contributed by atoms with Gasteiger partial charge in [-0.25, -0.2) is 12.8 Å². The Bertz CT molecular complexity index is 1030. The molecule has 1 saturated heterocycles. The molecule has 30 heavy (non-hydrogen) atoms. The Balaban J connectivity index is 1.46. The summed E-state index contributed by atoms with van der Waals surface area (Å²) in [5.74, 6) is -2.31. The molecule has 8 nitrogen and oxygen atoms in total. The lowest BCUT2D eigenvalue weighted by atomic mass is 9.98. The maximum Gasteiger partial charge on any atom is 0.313 e. The van der Waals surface area contributed by atoms with Crippen LogP contribution in [-0.2, 0) is 19.6 Å². The summed E-state index contributed by atoms with van der Waals surface area (Å²) in [5, 5.41) is 4.73. The zero-order valence-corrected chi connectivity index (χ0v) is 17.4. The molecule has 11 heteroatoms. The molecule has 1 aliphatic rings. The van der Waals surface area contributed by atoms with Gasteiger partial charge in [-0.3, -0.25) is 14.6 Å². The van der Waals surface area contributed by atoms with Crippen molar-refractivity contribution < 1.29 is 22.4 Å². The lowest BCUT2D eigenvalue weighted by Crippen LogP contribution is -2.43. The van der Waals surface area contributed by atoms with E-state index in [-0.39, 0.29) is 28.1 Å². The Hall–Kier alpha value is -2.56. The van der Waals surface area contributed by atoms with Gasteiger partial charge in [-0.15, -0.1) is 0 Å². The van der Waals surface area contributed by atoms with E-state index in [1.807, 2.05) is 0 Å².